The second-order valence-corrected chi connectivity index (χ2v) is 12.4. The Labute approximate surface area is 297 Å². The van der Waals surface area contributed by atoms with Crippen molar-refractivity contribution < 1.29 is 28.4 Å². The summed E-state index contributed by atoms with van der Waals surface area (Å²) < 4.78 is 36.7. The van der Waals surface area contributed by atoms with Gasteiger partial charge in [-0.05, 0) is 162 Å². The molecule has 0 atom stereocenters. The fraction of sp³-hybridized carbons (Fsp3) is 0.143. The van der Waals surface area contributed by atoms with E-state index in [1.54, 1.807) is 57.7 Å². The molecule has 0 fully saturated rings. The van der Waals surface area contributed by atoms with Crippen molar-refractivity contribution >= 4 is 17.1 Å². The molecular weight excluding hydrogens is 642 g/mol. The summed E-state index contributed by atoms with van der Waals surface area (Å²) in [7, 11) is 4.94. The number of nitrogen functional groups attached to an aromatic ring is 3. The first-order valence-electron chi connectivity index (χ1n) is 16.5. The van der Waals surface area contributed by atoms with Crippen LogP contribution in [0.15, 0.2) is 109 Å². The van der Waals surface area contributed by atoms with Crippen LogP contribution in [0.4, 0.5) is 17.1 Å². The standard InChI is InChI=1S/C42H39N3O6/c1-46-37-19-25-16-29-23-41(50-35-12-6-32(44)7-13-35)39(48-3)21-27(29)18-30-24-42(51-36-14-8-33(45)9-15-36)38(47-2)20-26(30)17-28(25)22-40(37)49-34-10-4-31(43)5-11-34/h4-15,19-24H,16-18,43-45H2,1-3H3. The number of hydrogen-bond donors (Lipinski definition) is 3. The molecule has 0 bridgehead atoms. The minimum Gasteiger partial charge on any atom is -0.493 e. The molecule has 0 unspecified atom stereocenters. The number of methoxy groups -OCH3 is 3. The van der Waals surface area contributed by atoms with Crippen LogP contribution in [0.2, 0.25) is 0 Å². The van der Waals surface area contributed by atoms with Crippen molar-refractivity contribution in [3.63, 3.8) is 0 Å². The van der Waals surface area contributed by atoms with Crippen molar-refractivity contribution in [1.82, 2.24) is 0 Å². The fourth-order valence-electron chi connectivity index (χ4n) is 6.24. The van der Waals surface area contributed by atoms with Gasteiger partial charge in [0.25, 0.3) is 0 Å². The summed E-state index contributed by atoms with van der Waals surface area (Å²) in [6.07, 6.45) is 1.81. The molecular formula is C42H39N3O6. The predicted octanol–water partition coefficient (Wildman–Crippen LogP) is 8.92. The van der Waals surface area contributed by atoms with E-state index in [9.17, 15) is 0 Å². The van der Waals surface area contributed by atoms with Gasteiger partial charge < -0.3 is 45.6 Å². The molecule has 6 aromatic carbocycles. The Morgan fingerprint density at radius 3 is 0.765 bits per heavy atom. The van der Waals surface area contributed by atoms with E-state index in [0.717, 1.165) is 33.4 Å². The molecule has 6 N–H and O–H groups in total. The van der Waals surface area contributed by atoms with Gasteiger partial charge in [0.2, 0.25) is 0 Å². The minimum absolute atomic E-state index is 0.597. The lowest BCUT2D eigenvalue weighted by Gasteiger charge is -2.18. The summed E-state index contributed by atoms with van der Waals surface area (Å²) in [5.41, 5.74) is 26.2. The Balaban J connectivity index is 1.38. The van der Waals surface area contributed by atoms with Crippen molar-refractivity contribution in [2.75, 3.05) is 38.5 Å². The van der Waals surface area contributed by atoms with Crippen LogP contribution in [0.1, 0.15) is 33.4 Å². The maximum atomic E-state index is 6.37. The van der Waals surface area contributed by atoms with E-state index in [-0.39, 0.29) is 0 Å². The predicted molar refractivity (Wildman–Crippen MR) is 200 cm³/mol. The molecule has 0 saturated carbocycles. The van der Waals surface area contributed by atoms with Crippen LogP contribution in [-0.2, 0) is 19.3 Å². The van der Waals surface area contributed by atoms with Gasteiger partial charge in [0.05, 0.1) is 21.3 Å². The maximum absolute atomic E-state index is 6.37. The first-order valence-corrected chi connectivity index (χ1v) is 16.5. The zero-order chi connectivity index (χ0) is 35.5. The normalized spacial score (nSPS) is 11.8. The quantitative estimate of drug-likeness (QED) is 0.128. The fourth-order valence-corrected chi connectivity index (χ4v) is 6.24. The zero-order valence-electron chi connectivity index (χ0n) is 28.7. The first-order chi connectivity index (χ1) is 24.8. The molecule has 9 nitrogen and oxygen atoms in total. The molecule has 51 heavy (non-hydrogen) atoms. The van der Waals surface area contributed by atoms with E-state index in [2.05, 4.69) is 36.4 Å². The number of anilines is 3. The third-order valence-corrected chi connectivity index (χ3v) is 8.92. The monoisotopic (exact) mass is 681 g/mol. The summed E-state index contributed by atoms with van der Waals surface area (Å²) in [4.78, 5) is 0. The average molecular weight is 682 g/mol. The van der Waals surface area contributed by atoms with Gasteiger partial charge >= 0.3 is 0 Å². The molecule has 7 rings (SSSR count). The zero-order valence-corrected chi connectivity index (χ0v) is 28.7. The summed E-state index contributed by atoms with van der Waals surface area (Å²) in [5.74, 6) is 5.59. The highest BCUT2D eigenvalue weighted by Gasteiger charge is 2.23. The van der Waals surface area contributed by atoms with E-state index >= 15 is 0 Å². The highest BCUT2D eigenvalue weighted by atomic mass is 16.5. The van der Waals surface area contributed by atoms with Crippen molar-refractivity contribution in [1.29, 1.82) is 0 Å². The van der Waals surface area contributed by atoms with Crippen LogP contribution < -0.4 is 45.6 Å². The van der Waals surface area contributed by atoms with Gasteiger partial charge in [-0.25, -0.2) is 0 Å². The third kappa shape index (κ3) is 7.28. The summed E-state index contributed by atoms with van der Waals surface area (Å²) in [6, 6.07) is 34.2. The number of ether oxygens (including phenoxy) is 6. The lowest BCUT2D eigenvalue weighted by atomic mass is 9.94. The Morgan fingerprint density at radius 1 is 0.333 bits per heavy atom. The van der Waals surface area contributed by atoms with Gasteiger partial charge in [-0.2, -0.15) is 0 Å². The molecule has 0 aromatic heterocycles. The molecule has 1 aliphatic rings. The van der Waals surface area contributed by atoms with Crippen LogP contribution in [-0.4, -0.2) is 21.3 Å². The Hall–Kier alpha value is -6.48. The molecule has 0 spiro atoms. The van der Waals surface area contributed by atoms with Gasteiger partial charge in [-0.1, -0.05) is 0 Å². The number of benzene rings is 6. The smallest absolute Gasteiger partial charge is 0.169 e. The summed E-state index contributed by atoms with van der Waals surface area (Å²) in [6.45, 7) is 0. The van der Waals surface area contributed by atoms with Crippen LogP contribution in [0.25, 0.3) is 0 Å². The second kappa shape index (κ2) is 14.2. The number of fused-ring (bicyclic) bond motifs is 3. The largest absolute Gasteiger partial charge is 0.493 e. The van der Waals surface area contributed by atoms with E-state index in [1.165, 1.54) is 0 Å². The minimum atomic E-state index is 0.597. The van der Waals surface area contributed by atoms with Crippen molar-refractivity contribution in [2.24, 2.45) is 0 Å². The van der Waals surface area contributed by atoms with E-state index < -0.39 is 0 Å². The third-order valence-electron chi connectivity index (χ3n) is 8.92. The Morgan fingerprint density at radius 2 is 0.549 bits per heavy atom. The average Bonchev–Trinajstić information content (AvgIpc) is 3.19. The number of hydrogen-bond acceptors (Lipinski definition) is 9. The van der Waals surface area contributed by atoms with Crippen molar-refractivity contribution in [3.8, 4) is 51.7 Å². The van der Waals surface area contributed by atoms with Crippen LogP contribution in [0, 0.1) is 0 Å². The van der Waals surface area contributed by atoms with Crippen LogP contribution in [0.5, 0.6) is 51.7 Å². The molecule has 1 aliphatic carbocycles. The van der Waals surface area contributed by atoms with E-state index in [4.69, 9.17) is 45.6 Å². The first kappa shape index (κ1) is 33.0. The SMILES string of the molecule is COc1cc2c(cc1Oc1ccc(N)cc1)Cc1cc(OC)c(Oc3ccc(N)cc3)cc1Cc1cc(OC)c(Oc3ccc(N)cc3)cc1C2. The van der Waals surface area contributed by atoms with Crippen molar-refractivity contribution in [2.45, 2.75) is 19.3 Å². The number of rotatable bonds is 9. The molecule has 0 aliphatic heterocycles. The maximum Gasteiger partial charge on any atom is 0.169 e. The van der Waals surface area contributed by atoms with Gasteiger partial charge in [0, 0.05) is 17.1 Å². The molecule has 0 amide bonds. The van der Waals surface area contributed by atoms with Gasteiger partial charge in [-0.3, -0.25) is 0 Å². The molecule has 258 valence electrons. The van der Waals surface area contributed by atoms with Gasteiger partial charge in [0.15, 0.2) is 34.5 Å². The highest BCUT2D eigenvalue weighted by Crippen LogP contribution is 2.43. The van der Waals surface area contributed by atoms with Crippen LogP contribution in [0.3, 0.4) is 0 Å². The molecule has 0 radical (unpaired) electrons. The summed E-state index contributed by atoms with van der Waals surface area (Å²) >= 11 is 0. The highest BCUT2D eigenvalue weighted by molar-refractivity contribution is 5.60. The second-order valence-electron chi connectivity index (χ2n) is 12.4. The van der Waals surface area contributed by atoms with Crippen LogP contribution >= 0.6 is 0 Å². The number of nitrogens with two attached hydrogens (primary N) is 3. The lowest BCUT2D eigenvalue weighted by molar-refractivity contribution is 0.377. The summed E-state index contributed by atoms with van der Waals surface area (Å²) in [5, 5.41) is 0. The Bertz CT molecular complexity index is 1930. The van der Waals surface area contributed by atoms with Crippen molar-refractivity contribution in [3.05, 3.63) is 143 Å². The van der Waals surface area contributed by atoms with Gasteiger partial charge in [0.1, 0.15) is 17.2 Å². The van der Waals surface area contributed by atoms with E-state index in [0.29, 0.717) is 88.1 Å². The Kier molecular flexibility index (Phi) is 9.18. The van der Waals surface area contributed by atoms with Gasteiger partial charge in [-0.15, -0.1) is 0 Å². The lowest BCUT2D eigenvalue weighted by Crippen LogP contribution is -2.02. The van der Waals surface area contributed by atoms with E-state index in [1.807, 2.05) is 36.4 Å². The molecule has 0 heterocycles. The topological polar surface area (TPSA) is 133 Å². The molecule has 9 heteroatoms. The molecule has 6 aromatic rings. The molecule has 0 saturated heterocycles.